The molecular formula is C43H85N4O6P. The fourth-order valence-electron chi connectivity index (χ4n) is 7.23. The van der Waals surface area contributed by atoms with Gasteiger partial charge in [-0.15, -0.1) is 0 Å². The number of aromatic nitrogens is 3. The number of nitrogens with zero attached hydrogens (tertiary/aromatic N) is 4. The van der Waals surface area contributed by atoms with Gasteiger partial charge in [-0.25, -0.2) is 9.78 Å². The third-order valence-electron chi connectivity index (χ3n) is 10.7. The lowest BCUT2D eigenvalue weighted by molar-refractivity contribution is 0.0186. The van der Waals surface area contributed by atoms with Gasteiger partial charge < -0.3 is 24.5 Å². The fraction of sp³-hybridized carbons (Fsp3) is 0.930. The van der Waals surface area contributed by atoms with Crippen molar-refractivity contribution in [3.63, 3.8) is 0 Å². The van der Waals surface area contributed by atoms with Gasteiger partial charge in [0.25, 0.3) is 0 Å². The van der Waals surface area contributed by atoms with Gasteiger partial charge in [-0.2, -0.15) is 4.98 Å². The van der Waals surface area contributed by atoms with E-state index in [0.717, 1.165) is 38.8 Å². The molecule has 0 radical (unpaired) electrons. The Morgan fingerprint density at radius 3 is 1.24 bits per heavy atom. The Morgan fingerprint density at radius 2 is 0.944 bits per heavy atom. The molecular weight excluding hydrogens is 699 g/mol. The summed E-state index contributed by atoms with van der Waals surface area (Å²) in [5.74, 6) is 0.426. The molecule has 0 saturated heterocycles. The lowest BCUT2D eigenvalue weighted by Gasteiger charge is -2.23. The molecule has 0 aliphatic carbocycles. The van der Waals surface area contributed by atoms with E-state index in [1.165, 1.54) is 191 Å². The van der Waals surface area contributed by atoms with E-state index in [4.69, 9.17) is 14.5 Å². The van der Waals surface area contributed by atoms with E-state index in [2.05, 4.69) is 28.7 Å². The van der Waals surface area contributed by atoms with E-state index in [1.54, 1.807) is 0 Å². The Morgan fingerprint density at radius 1 is 0.611 bits per heavy atom. The zero-order valence-electron chi connectivity index (χ0n) is 35.1. The number of anilines is 1. The van der Waals surface area contributed by atoms with E-state index < -0.39 is 32.3 Å². The van der Waals surface area contributed by atoms with Gasteiger partial charge >= 0.3 is 13.3 Å². The SMILES string of the molecule is CCCCCCCCCCCCCCCCCCN(CCCCCCCCCCCCCCCCCC)c1ncn(C[C@@H](CO)OCP(=O)(O)O)c(=O)n1. The van der Waals surface area contributed by atoms with Crippen LogP contribution in [0.15, 0.2) is 11.1 Å². The van der Waals surface area contributed by atoms with E-state index in [-0.39, 0.29) is 6.54 Å². The number of ether oxygens (including phenoxy) is 1. The summed E-state index contributed by atoms with van der Waals surface area (Å²) in [5, 5.41) is 9.61. The molecule has 3 N–H and O–H groups in total. The summed E-state index contributed by atoms with van der Waals surface area (Å²) in [4.78, 5) is 42.1. The summed E-state index contributed by atoms with van der Waals surface area (Å²) >= 11 is 0. The minimum Gasteiger partial charge on any atom is -0.394 e. The molecule has 1 aromatic heterocycles. The standard InChI is InChI=1S/C43H85N4O6P/c1-3-5-7-9-11-13-15-17-19-21-23-25-27-29-31-33-35-46(36-34-32-30-28-26-24-22-20-18-16-14-12-10-8-6-4-2)42-44-39-47(43(49)45-42)37-41(38-48)53-40-54(50,51)52/h39,41,48H,3-38,40H2,1-2H3,(H2,50,51,52)/t41-/m0/s1. The van der Waals surface area contributed by atoms with Crippen LogP contribution < -0.4 is 10.6 Å². The third kappa shape index (κ3) is 30.8. The molecule has 1 heterocycles. The first-order chi connectivity index (χ1) is 26.3. The van der Waals surface area contributed by atoms with Crippen LogP contribution in [-0.2, 0) is 15.8 Å². The Labute approximate surface area is 331 Å². The summed E-state index contributed by atoms with van der Waals surface area (Å²) in [5.41, 5.74) is -0.512. The van der Waals surface area contributed by atoms with Crippen molar-refractivity contribution in [1.82, 2.24) is 14.5 Å². The topological polar surface area (TPSA) is 138 Å². The molecule has 318 valence electrons. The minimum atomic E-state index is -4.39. The highest BCUT2D eigenvalue weighted by Crippen LogP contribution is 2.34. The van der Waals surface area contributed by atoms with Gasteiger partial charge in [0, 0.05) is 13.1 Å². The molecule has 1 atom stereocenters. The first kappa shape index (κ1) is 50.7. The molecule has 0 unspecified atom stereocenters. The second kappa shape index (κ2) is 36.0. The molecule has 0 fully saturated rings. The van der Waals surface area contributed by atoms with Gasteiger partial charge in [-0.05, 0) is 12.8 Å². The van der Waals surface area contributed by atoms with E-state index in [9.17, 15) is 14.5 Å². The molecule has 0 saturated carbocycles. The van der Waals surface area contributed by atoms with Crippen LogP contribution >= 0.6 is 7.60 Å². The highest BCUT2D eigenvalue weighted by atomic mass is 31.2. The van der Waals surface area contributed by atoms with Crippen molar-refractivity contribution in [3.8, 4) is 0 Å². The zero-order valence-corrected chi connectivity index (χ0v) is 36.0. The summed E-state index contributed by atoms with van der Waals surface area (Å²) in [6.07, 6.45) is 42.1. The number of aliphatic hydroxyl groups excluding tert-OH is 1. The largest absolute Gasteiger partial charge is 0.394 e. The highest BCUT2D eigenvalue weighted by Gasteiger charge is 2.19. The highest BCUT2D eigenvalue weighted by molar-refractivity contribution is 7.51. The maximum absolute atomic E-state index is 12.9. The number of aliphatic hydroxyl groups is 1. The number of hydrogen-bond acceptors (Lipinski definition) is 7. The van der Waals surface area contributed by atoms with E-state index in [1.807, 2.05) is 0 Å². The Balaban J connectivity index is 2.41. The number of hydrogen-bond donors (Lipinski definition) is 3. The number of unbranched alkanes of at least 4 members (excludes halogenated alkanes) is 30. The molecule has 1 rings (SSSR count). The maximum Gasteiger partial charge on any atom is 0.352 e. The van der Waals surface area contributed by atoms with Crippen molar-refractivity contribution < 1.29 is 24.2 Å². The van der Waals surface area contributed by atoms with E-state index in [0.29, 0.717) is 5.95 Å². The van der Waals surface area contributed by atoms with Crippen LogP contribution in [0.25, 0.3) is 0 Å². The normalized spacial score (nSPS) is 12.5. The molecule has 10 nitrogen and oxygen atoms in total. The molecule has 0 spiro atoms. The Bertz CT molecular complexity index is 1030. The zero-order chi connectivity index (χ0) is 39.4. The predicted octanol–water partition coefficient (Wildman–Crippen LogP) is 11.5. The molecule has 54 heavy (non-hydrogen) atoms. The van der Waals surface area contributed by atoms with Crippen LogP contribution in [0.5, 0.6) is 0 Å². The molecule has 1 aromatic rings. The average molecular weight is 785 g/mol. The molecule has 0 aliphatic heterocycles. The lowest BCUT2D eigenvalue weighted by atomic mass is 10.0. The van der Waals surface area contributed by atoms with Crippen LogP contribution in [0.1, 0.15) is 219 Å². The van der Waals surface area contributed by atoms with Crippen LogP contribution in [0.4, 0.5) is 5.95 Å². The first-order valence-electron chi connectivity index (χ1n) is 22.8. The second-order valence-electron chi connectivity index (χ2n) is 15.9. The van der Waals surface area contributed by atoms with Crippen LogP contribution in [0.3, 0.4) is 0 Å². The summed E-state index contributed by atoms with van der Waals surface area (Å²) < 4.78 is 17.6. The number of rotatable bonds is 41. The van der Waals surface area contributed by atoms with Gasteiger partial charge in [0.1, 0.15) is 12.7 Å². The molecule has 11 heteroatoms. The summed E-state index contributed by atoms with van der Waals surface area (Å²) in [6, 6.07) is 0. The van der Waals surface area contributed by atoms with Gasteiger partial charge in [-0.3, -0.25) is 9.13 Å². The summed E-state index contributed by atoms with van der Waals surface area (Å²) in [7, 11) is -4.39. The molecule has 0 aliphatic rings. The second-order valence-corrected chi connectivity index (χ2v) is 17.5. The van der Waals surface area contributed by atoms with E-state index >= 15 is 0 Å². The third-order valence-corrected chi connectivity index (χ3v) is 11.2. The van der Waals surface area contributed by atoms with Crippen molar-refractivity contribution in [1.29, 1.82) is 0 Å². The molecule has 0 aromatic carbocycles. The van der Waals surface area contributed by atoms with Crippen molar-refractivity contribution in [2.75, 3.05) is 30.9 Å². The van der Waals surface area contributed by atoms with Gasteiger partial charge in [0.05, 0.1) is 19.3 Å². The minimum absolute atomic E-state index is 0.0894. The fourth-order valence-corrected chi connectivity index (χ4v) is 7.63. The quantitative estimate of drug-likeness (QED) is 0.0437. The monoisotopic (exact) mass is 785 g/mol. The average Bonchev–Trinajstić information content (AvgIpc) is 3.15. The first-order valence-corrected chi connectivity index (χ1v) is 24.6. The van der Waals surface area contributed by atoms with Gasteiger partial charge in [0.2, 0.25) is 5.95 Å². The van der Waals surface area contributed by atoms with Crippen LogP contribution in [-0.4, -0.2) is 61.6 Å². The van der Waals surface area contributed by atoms with Crippen molar-refractivity contribution in [2.45, 2.75) is 232 Å². The van der Waals surface area contributed by atoms with Crippen molar-refractivity contribution in [2.24, 2.45) is 0 Å². The van der Waals surface area contributed by atoms with Crippen molar-refractivity contribution in [3.05, 3.63) is 16.8 Å². The van der Waals surface area contributed by atoms with Gasteiger partial charge in [-0.1, -0.05) is 206 Å². The van der Waals surface area contributed by atoms with Gasteiger partial charge in [0.15, 0.2) is 0 Å². The lowest BCUT2D eigenvalue weighted by Crippen LogP contribution is -2.35. The Kier molecular flexibility index (Phi) is 33.8. The smallest absolute Gasteiger partial charge is 0.352 e. The maximum atomic E-state index is 12.9. The van der Waals surface area contributed by atoms with Crippen LogP contribution in [0.2, 0.25) is 0 Å². The van der Waals surface area contributed by atoms with Crippen LogP contribution in [0, 0.1) is 0 Å². The molecule has 0 bridgehead atoms. The predicted molar refractivity (Wildman–Crippen MR) is 226 cm³/mol. The van der Waals surface area contributed by atoms with Crippen molar-refractivity contribution >= 4 is 13.5 Å². The Hall–Kier alpha value is -1.32. The molecule has 0 amide bonds. The summed E-state index contributed by atoms with van der Waals surface area (Å²) in [6.45, 7) is 5.60.